The average Bonchev–Trinajstić information content (AvgIpc) is 3.27. The van der Waals surface area contributed by atoms with Gasteiger partial charge in [-0.2, -0.15) is 0 Å². The molecule has 0 radical (unpaired) electrons. The van der Waals surface area contributed by atoms with Gasteiger partial charge in [-0.1, -0.05) is 211 Å². The molecule has 352 valence electrons. The van der Waals surface area contributed by atoms with E-state index >= 15 is 0 Å². The molecule has 0 aliphatic carbocycles. The molecular formula is C49H87N3O9. The number of aliphatic hydroxyl groups excluding tert-OH is 3. The van der Waals surface area contributed by atoms with Crippen LogP contribution in [0.4, 0.5) is 9.59 Å². The number of benzene rings is 1. The van der Waals surface area contributed by atoms with E-state index in [4.69, 9.17) is 19.9 Å². The Hall–Kier alpha value is -2.77. The van der Waals surface area contributed by atoms with Gasteiger partial charge in [-0.25, -0.2) is 14.5 Å². The number of hydrogen-bond acceptors (Lipinski definition) is 10. The Morgan fingerprint density at radius 3 is 1.49 bits per heavy atom. The van der Waals surface area contributed by atoms with Crippen LogP contribution in [-0.4, -0.2) is 100 Å². The number of imide groups is 1. The van der Waals surface area contributed by atoms with Crippen molar-refractivity contribution in [2.24, 2.45) is 5.73 Å². The molecular weight excluding hydrogens is 775 g/mol. The van der Waals surface area contributed by atoms with Crippen molar-refractivity contribution >= 4 is 18.1 Å². The molecule has 1 fully saturated rings. The zero-order chi connectivity index (χ0) is 44.3. The van der Waals surface area contributed by atoms with Crippen LogP contribution in [-0.2, 0) is 25.6 Å². The molecule has 1 heterocycles. The lowest BCUT2D eigenvalue weighted by atomic mass is 9.94. The highest BCUT2D eigenvalue weighted by Crippen LogP contribution is 2.30. The van der Waals surface area contributed by atoms with Crippen molar-refractivity contribution in [2.45, 2.75) is 231 Å². The molecule has 1 saturated heterocycles. The lowest BCUT2D eigenvalue weighted by molar-refractivity contribution is -0.240. The van der Waals surface area contributed by atoms with Crippen LogP contribution in [0.5, 0.6) is 0 Å². The first kappa shape index (κ1) is 54.4. The number of amides is 3. The fourth-order valence-electron chi connectivity index (χ4n) is 8.23. The van der Waals surface area contributed by atoms with E-state index in [1.807, 2.05) is 6.07 Å². The van der Waals surface area contributed by atoms with Gasteiger partial charge in [-0.3, -0.25) is 9.69 Å². The van der Waals surface area contributed by atoms with Gasteiger partial charge in [-0.15, -0.1) is 0 Å². The van der Waals surface area contributed by atoms with Crippen LogP contribution in [0.2, 0.25) is 0 Å². The molecule has 0 saturated carbocycles. The highest BCUT2D eigenvalue weighted by atomic mass is 16.6. The van der Waals surface area contributed by atoms with Crippen LogP contribution >= 0.6 is 0 Å². The van der Waals surface area contributed by atoms with Crippen molar-refractivity contribution in [2.75, 3.05) is 26.3 Å². The van der Waals surface area contributed by atoms with Gasteiger partial charge in [0, 0.05) is 6.54 Å². The van der Waals surface area contributed by atoms with Crippen LogP contribution in [0, 0.1) is 0 Å². The molecule has 0 spiro atoms. The number of ether oxygens (including phenoxy) is 3. The Kier molecular flexibility index (Phi) is 31.8. The highest BCUT2D eigenvalue weighted by Gasteiger charge is 2.53. The number of hydrogen-bond donors (Lipinski definition) is 4. The fraction of sp³-hybridized carbons (Fsp3) is 0.816. The molecule has 1 aliphatic rings. The molecule has 12 heteroatoms. The zero-order valence-corrected chi connectivity index (χ0v) is 38.4. The van der Waals surface area contributed by atoms with E-state index in [1.54, 1.807) is 24.3 Å². The Bertz CT molecular complexity index is 1240. The predicted octanol–water partition coefficient (Wildman–Crippen LogP) is 10.3. The van der Waals surface area contributed by atoms with Crippen LogP contribution < -0.4 is 5.73 Å². The van der Waals surface area contributed by atoms with Crippen molar-refractivity contribution in [3.63, 3.8) is 0 Å². The quantitative estimate of drug-likeness (QED) is 0.0476. The molecule has 0 unspecified atom stereocenters. The van der Waals surface area contributed by atoms with Gasteiger partial charge in [0.15, 0.2) is 6.23 Å². The molecule has 1 aromatic carbocycles. The molecule has 3 amide bonds. The van der Waals surface area contributed by atoms with Crippen LogP contribution in [0.1, 0.15) is 199 Å². The number of unbranched alkanes of at least 4 members (excludes halogenated alkanes) is 26. The first-order chi connectivity index (χ1) is 29.8. The number of nitrogens with two attached hydrogens (primary N) is 1. The van der Waals surface area contributed by atoms with Crippen LogP contribution in [0.3, 0.4) is 0 Å². The van der Waals surface area contributed by atoms with Crippen molar-refractivity contribution in [1.82, 2.24) is 9.80 Å². The summed E-state index contributed by atoms with van der Waals surface area (Å²) in [5, 5.41) is 32.7. The second kappa shape index (κ2) is 35.7. The molecule has 0 aromatic heterocycles. The molecule has 2 rings (SSSR count). The Morgan fingerprint density at radius 2 is 1.05 bits per heavy atom. The van der Waals surface area contributed by atoms with Gasteiger partial charge < -0.3 is 35.3 Å². The lowest BCUT2D eigenvalue weighted by Crippen LogP contribution is -2.70. The van der Waals surface area contributed by atoms with Gasteiger partial charge in [0.2, 0.25) is 5.91 Å². The van der Waals surface area contributed by atoms with Gasteiger partial charge in [0.05, 0.1) is 19.8 Å². The van der Waals surface area contributed by atoms with E-state index in [0.29, 0.717) is 23.3 Å². The predicted molar refractivity (Wildman–Crippen MR) is 243 cm³/mol. The maximum atomic E-state index is 14.0. The number of aliphatic hydroxyl groups is 3. The second-order valence-electron chi connectivity index (χ2n) is 17.2. The highest BCUT2D eigenvalue weighted by molar-refractivity contribution is 5.93. The first-order valence-corrected chi connectivity index (χ1v) is 24.6. The molecule has 1 aromatic rings. The average molecular weight is 862 g/mol. The van der Waals surface area contributed by atoms with Gasteiger partial charge in [-0.05, 0) is 18.4 Å². The third-order valence-corrected chi connectivity index (χ3v) is 12.0. The molecule has 0 bridgehead atoms. The van der Waals surface area contributed by atoms with E-state index in [1.165, 1.54) is 127 Å². The normalized spacial score (nSPS) is 18.8. The number of carbonyl (C=O) groups is 3. The summed E-state index contributed by atoms with van der Waals surface area (Å²) in [5.41, 5.74) is 6.44. The first-order valence-electron chi connectivity index (χ1n) is 24.6. The smallest absolute Gasteiger partial charge is 0.417 e. The summed E-state index contributed by atoms with van der Waals surface area (Å²) in [7, 11) is 0. The molecule has 5 atom stereocenters. The monoisotopic (exact) mass is 862 g/mol. The Balaban J connectivity index is 2.04. The summed E-state index contributed by atoms with van der Waals surface area (Å²) in [4.78, 5) is 43.0. The van der Waals surface area contributed by atoms with E-state index < -0.39 is 61.8 Å². The molecule has 12 nitrogen and oxygen atoms in total. The SMILES string of the molecule is CCCCCCCCCCCCCCCCCCN(C(=O)OCCCCCCCCCCCCCC)[C@@H]1O[C@H](CO)[C@H](O)[C@H](O)[C@H]1N(C(=O)CN)C(=O)OCc1ccccc1. The van der Waals surface area contributed by atoms with Crippen molar-refractivity contribution in [1.29, 1.82) is 0 Å². The molecule has 61 heavy (non-hydrogen) atoms. The Morgan fingerprint density at radius 1 is 0.607 bits per heavy atom. The van der Waals surface area contributed by atoms with Gasteiger partial charge in [0.25, 0.3) is 0 Å². The summed E-state index contributed by atoms with van der Waals surface area (Å²) in [6.07, 6.45) is 25.0. The van der Waals surface area contributed by atoms with Crippen molar-refractivity contribution in [3.05, 3.63) is 35.9 Å². The van der Waals surface area contributed by atoms with E-state index in [-0.39, 0.29) is 19.8 Å². The van der Waals surface area contributed by atoms with Crippen LogP contribution in [0.25, 0.3) is 0 Å². The second-order valence-corrected chi connectivity index (χ2v) is 17.2. The zero-order valence-electron chi connectivity index (χ0n) is 38.4. The standard InChI is InChI=1S/C49H87N3O9/c1-3-5-7-9-11-13-15-17-18-19-20-21-23-25-27-32-36-51(48(57)59-37-33-28-26-24-22-16-14-12-10-8-6-4-2)47-44(46(56)45(55)42(39-53)61-47)52(43(54)38-50)49(58)60-40-41-34-30-29-31-35-41/h29-31,34-35,42,44-47,53,55-56H,3-28,32-33,36-40,50H2,1-2H3/t42-,44-,45+,46-,47-/m1/s1. The van der Waals surface area contributed by atoms with Crippen molar-refractivity contribution < 1.29 is 43.9 Å². The number of carbonyl (C=O) groups excluding carboxylic acids is 3. The minimum atomic E-state index is -1.80. The van der Waals surface area contributed by atoms with E-state index in [2.05, 4.69) is 13.8 Å². The summed E-state index contributed by atoms with van der Waals surface area (Å²) >= 11 is 0. The van der Waals surface area contributed by atoms with Gasteiger partial charge >= 0.3 is 12.2 Å². The number of rotatable bonds is 36. The fourth-order valence-corrected chi connectivity index (χ4v) is 8.23. The van der Waals surface area contributed by atoms with E-state index in [0.717, 1.165) is 44.9 Å². The Labute approximate surface area is 369 Å². The summed E-state index contributed by atoms with van der Waals surface area (Å²) in [5.74, 6) is -0.891. The third kappa shape index (κ3) is 22.9. The summed E-state index contributed by atoms with van der Waals surface area (Å²) < 4.78 is 17.4. The lowest BCUT2D eigenvalue weighted by Gasteiger charge is -2.48. The maximum absolute atomic E-state index is 14.0. The summed E-state index contributed by atoms with van der Waals surface area (Å²) in [6.45, 7) is 3.34. The van der Waals surface area contributed by atoms with E-state index in [9.17, 15) is 29.7 Å². The molecule has 5 N–H and O–H groups in total. The molecule has 1 aliphatic heterocycles. The number of nitrogens with zero attached hydrogens (tertiary/aromatic N) is 2. The van der Waals surface area contributed by atoms with Gasteiger partial charge in [0.1, 0.15) is 31.0 Å². The topological polar surface area (TPSA) is 172 Å². The largest absolute Gasteiger partial charge is 0.449 e. The summed E-state index contributed by atoms with van der Waals surface area (Å²) in [6, 6.07) is 7.30. The minimum Gasteiger partial charge on any atom is -0.449 e. The van der Waals surface area contributed by atoms with Crippen LogP contribution in [0.15, 0.2) is 30.3 Å². The third-order valence-electron chi connectivity index (χ3n) is 12.0. The minimum absolute atomic E-state index is 0.140. The maximum Gasteiger partial charge on any atom is 0.417 e. The van der Waals surface area contributed by atoms with Crippen molar-refractivity contribution in [3.8, 4) is 0 Å².